The van der Waals surface area contributed by atoms with Gasteiger partial charge in [-0.2, -0.15) is 0 Å². The summed E-state index contributed by atoms with van der Waals surface area (Å²) in [6.45, 7) is 1.82. The molecule has 2 aromatic carbocycles. The molecule has 0 aliphatic rings. The largest absolute Gasteiger partial charge is 0.394 e. The van der Waals surface area contributed by atoms with Crippen molar-refractivity contribution < 1.29 is 14.4 Å². The lowest BCUT2D eigenvalue weighted by atomic mass is 10.0. The second-order valence-electron chi connectivity index (χ2n) is 6.40. The number of thiazole rings is 1. The summed E-state index contributed by atoms with van der Waals surface area (Å²) in [6, 6.07) is 15.7. The molecule has 6 nitrogen and oxygen atoms in total. The molecule has 1 amide bonds. The van der Waals surface area contributed by atoms with E-state index in [2.05, 4.69) is 15.5 Å². The normalized spacial score (nSPS) is 12.2. The van der Waals surface area contributed by atoms with Crippen molar-refractivity contribution in [3.8, 4) is 21.8 Å². The van der Waals surface area contributed by atoms with Crippen LogP contribution in [0.25, 0.3) is 32.8 Å². The third-order valence-electron chi connectivity index (χ3n) is 4.56. The highest BCUT2D eigenvalue weighted by Crippen LogP contribution is 2.33. The van der Waals surface area contributed by atoms with E-state index in [0.717, 1.165) is 16.5 Å². The maximum Gasteiger partial charge on any atom is 0.263 e. The number of amides is 1. The molecule has 2 heterocycles. The first-order chi connectivity index (χ1) is 13.7. The monoisotopic (exact) mass is 393 g/mol. The van der Waals surface area contributed by atoms with Gasteiger partial charge in [-0.15, -0.1) is 11.3 Å². The average molecular weight is 393 g/mol. The van der Waals surface area contributed by atoms with Crippen LogP contribution in [0.4, 0.5) is 0 Å². The van der Waals surface area contributed by atoms with Crippen LogP contribution in [0, 0.1) is 0 Å². The van der Waals surface area contributed by atoms with Gasteiger partial charge in [0.25, 0.3) is 5.91 Å². The Morgan fingerprint density at radius 2 is 2.04 bits per heavy atom. The van der Waals surface area contributed by atoms with Gasteiger partial charge in [0.15, 0.2) is 5.58 Å². The quantitative estimate of drug-likeness (QED) is 0.514. The highest BCUT2D eigenvalue weighted by molar-refractivity contribution is 7.17. The van der Waals surface area contributed by atoms with Crippen molar-refractivity contribution >= 4 is 28.2 Å². The SMILES string of the molecule is CC[C@H](CO)NC(=O)c1cnc(-c2noc3cc(-c4ccccc4)ccc23)s1. The van der Waals surface area contributed by atoms with Gasteiger partial charge in [-0.3, -0.25) is 4.79 Å². The van der Waals surface area contributed by atoms with E-state index in [9.17, 15) is 9.90 Å². The molecular weight excluding hydrogens is 374 g/mol. The minimum atomic E-state index is -0.262. The number of fused-ring (bicyclic) bond motifs is 1. The minimum Gasteiger partial charge on any atom is -0.394 e. The summed E-state index contributed by atoms with van der Waals surface area (Å²) >= 11 is 1.25. The van der Waals surface area contributed by atoms with Crippen LogP contribution in [-0.2, 0) is 0 Å². The number of hydrogen-bond donors (Lipinski definition) is 2. The summed E-state index contributed by atoms with van der Waals surface area (Å²) in [6.07, 6.45) is 2.18. The van der Waals surface area contributed by atoms with Crippen LogP contribution in [0.5, 0.6) is 0 Å². The Hall–Kier alpha value is -3.03. The van der Waals surface area contributed by atoms with Crippen molar-refractivity contribution in [2.75, 3.05) is 6.61 Å². The molecule has 0 spiro atoms. The number of aliphatic hydroxyl groups is 1. The summed E-state index contributed by atoms with van der Waals surface area (Å²) < 4.78 is 5.52. The molecule has 0 fully saturated rings. The summed E-state index contributed by atoms with van der Waals surface area (Å²) in [7, 11) is 0. The van der Waals surface area contributed by atoms with Crippen molar-refractivity contribution in [2.45, 2.75) is 19.4 Å². The highest BCUT2D eigenvalue weighted by atomic mass is 32.1. The van der Waals surface area contributed by atoms with E-state index < -0.39 is 0 Å². The smallest absolute Gasteiger partial charge is 0.263 e. The molecule has 0 bridgehead atoms. The molecule has 4 aromatic rings. The van der Waals surface area contributed by atoms with Gasteiger partial charge in [-0.05, 0) is 29.7 Å². The molecule has 0 radical (unpaired) electrons. The maximum atomic E-state index is 12.3. The first-order valence-electron chi connectivity index (χ1n) is 9.02. The molecule has 7 heteroatoms. The fourth-order valence-electron chi connectivity index (χ4n) is 2.92. The molecule has 0 unspecified atom stereocenters. The van der Waals surface area contributed by atoms with Crippen LogP contribution in [0.2, 0.25) is 0 Å². The van der Waals surface area contributed by atoms with E-state index in [1.165, 1.54) is 17.5 Å². The molecule has 0 saturated carbocycles. The van der Waals surface area contributed by atoms with Crippen LogP contribution in [0.15, 0.2) is 59.3 Å². The van der Waals surface area contributed by atoms with E-state index >= 15 is 0 Å². The zero-order valence-corrected chi connectivity index (χ0v) is 16.1. The van der Waals surface area contributed by atoms with Crippen LogP contribution in [-0.4, -0.2) is 33.8 Å². The van der Waals surface area contributed by atoms with Crippen molar-refractivity contribution in [2.24, 2.45) is 0 Å². The van der Waals surface area contributed by atoms with Crippen molar-refractivity contribution in [3.63, 3.8) is 0 Å². The van der Waals surface area contributed by atoms with Crippen molar-refractivity contribution in [3.05, 3.63) is 59.6 Å². The van der Waals surface area contributed by atoms with Crippen LogP contribution in [0.1, 0.15) is 23.0 Å². The number of aromatic nitrogens is 2. The van der Waals surface area contributed by atoms with Crippen molar-refractivity contribution in [1.29, 1.82) is 0 Å². The van der Waals surface area contributed by atoms with E-state index in [-0.39, 0.29) is 18.6 Å². The van der Waals surface area contributed by atoms with Gasteiger partial charge in [-0.25, -0.2) is 4.98 Å². The van der Waals surface area contributed by atoms with Gasteiger partial charge < -0.3 is 14.9 Å². The number of carbonyl (C=O) groups is 1. The fourth-order valence-corrected chi connectivity index (χ4v) is 3.74. The predicted molar refractivity (Wildman–Crippen MR) is 109 cm³/mol. The number of nitrogens with zero attached hydrogens (tertiary/aromatic N) is 2. The Kier molecular flexibility index (Phi) is 5.18. The third-order valence-corrected chi connectivity index (χ3v) is 5.56. The van der Waals surface area contributed by atoms with Crippen molar-refractivity contribution in [1.82, 2.24) is 15.5 Å². The Bertz CT molecular complexity index is 1100. The van der Waals surface area contributed by atoms with Crippen LogP contribution < -0.4 is 5.32 Å². The second-order valence-corrected chi connectivity index (χ2v) is 7.43. The van der Waals surface area contributed by atoms with Crippen LogP contribution in [0.3, 0.4) is 0 Å². The third kappa shape index (κ3) is 3.54. The Morgan fingerprint density at radius 1 is 1.21 bits per heavy atom. The van der Waals surface area contributed by atoms with Gasteiger partial charge >= 0.3 is 0 Å². The standard InChI is InChI=1S/C21H19N3O3S/c1-2-15(12-25)23-20(26)18-11-22-21(28-18)19-16-9-8-14(10-17(16)27-24-19)13-6-4-3-5-7-13/h3-11,15,25H,2,12H2,1H3,(H,23,26)/t15-/m1/s1. The molecule has 1 atom stereocenters. The lowest BCUT2D eigenvalue weighted by Gasteiger charge is -2.12. The Morgan fingerprint density at radius 3 is 2.79 bits per heavy atom. The summed E-state index contributed by atoms with van der Waals surface area (Å²) in [5, 5.41) is 17.7. The van der Waals surface area contributed by atoms with Crippen LogP contribution >= 0.6 is 11.3 Å². The summed E-state index contributed by atoms with van der Waals surface area (Å²) in [5.41, 5.74) is 3.44. The van der Waals surface area contributed by atoms with E-state index in [4.69, 9.17) is 4.52 Å². The average Bonchev–Trinajstić information content (AvgIpc) is 3.39. The number of carbonyl (C=O) groups excluding carboxylic acids is 1. The van der Waals surface area contributed by atoms with Gasteiger partial charge in [0.05, 0.1) is 24.2 Å². The first-order valence-corrected chi connectivity index (χ1v) is 9.84. The zero-order chi connectivity index (χ0) is 19.5. The Labute approximate surface area is 165 Å². The van der Waals surface area contributed by atoms with E-state index in [1.807, 2.05) is 55.5 Å². The van der Waals surface area contributed by atoms with E-state index in [1.54, 1.807) is 0 Å². The highest BCUT2D eigenvalue weighted by Gasteiger charge is 2.19. The predicted octanol–water partition coefficient (Wildman–Crippen LogP) is 4.12. The molecule has 28 heavy (non-hydrogen) atoms. The number of hydrogen-bond acceptors (Lipinski definition) is 6. The summed E-state index contributed by atoms with van der Waals surface area (Å²) in [4.78, 5) is 17.1. The van der Waals surface area contributed by atoms with Gasteiger partial charge in [0, 0.05) is 0 Å². The molecular formula is C21H19N3O3S. The molecule has 0 aliphatic heterocycles. The fraction of sp³-hybridized carbons (Fsp3) is 0.190. The maximum absolute atomic E-state index is 12.3. The first kappa shape index (κ1) is 18.3. The summed E-state index contributed by atoms with van der Waals surface area (Å²) in [5.74, 6) is -0.246. The number of nitrogens with one attached hydrogen (secondary N) is 1. The molecule has 142 valence electrons. The Balaban J connectivity index is 1.62. The number of benzene rings is 2. The zero-order valence-electron chi connectivity index (χ0n) is 15.3. The second kappa shape index (κ2) is 7.92. The lowest BCUT2D eigenvalue weighted by molar-refractivity contribution is 0.0919. The number of rotatable bonds is 6. The van der Waals surface area contributed by atoms with Gasteiger partial charge in [0.2, 0.25) is 0 Å². The van der Waals surface area contributed by atoms with Gasteiger partial charge in [0.1, 0.15) is 15.6 Å². The topological polar surface area (TPSA) is 88.2 Å². The van der Waals surface area contributed by atoms with E-state index in [0.29, 0.717) is 27.6 Å². The molecule has 4 rings (SSSR count). The molecule has 2 N–H and O–H groups in total. The molecule has 0 aliphatic carbocycles. The minimum absolute atomic E-state index is 0.0917. The van der Waals surface area contributed by atoms with Gasteiger partial charge in [-0.1, -0.05) is 48.5 Å². The molecule has 2 aromatic heterocycles. The molecule has 0 saturated heterocycles. The lowest BCUT2D eigenvalue weighted by Crippen LogP contribution is -2.36. The number of aliphatic hydroxyl groups excluding tert-OH is 1.